The summed E-state index contributed by atoms with van der Waals surface area (Å²) < 4.78 is 4.75. The molecule has 0 aliphatic heterocycles. The molecule has 1 aromatic rings. The monoisotopic (exact) mass is 238 g/mol. The molecule has 1 rings (SSSR count). The summed E-state index contributed by atoms with van der Waals surface area (Å²) in [7, 11) is 1.49. The van der Waals surface area contributed by atoms with Crippen LogP contribution in [0, 0.1) is 0 Å². The molecule has 4 N–H and O–H groups in total. The quantitative estimate of drug-likeness (QED) is 0.641. The van der Waals surface area contributed by atoms with Crippen LogP contribution >= 0.6 is 0 Å². The predicted octanol–water partition coefficient (Wildman–Crippen LogP) is -0.190. The third kappa shape index (κ3) is 4.52. The lowest BCUT2D eigenvalue weighted by Gasteiger charge is -2.14. The SMILES string of the molecule is COCC(O)CNC(=O)C(N)c1ccccc1. The van der Waals surface area contributed by atoms with E-state index in [-0.39, 0.29) is 19.1 Å². The molecule has 0 saturated carbocycles. The standard InChI is InChI=1S/C12H18N2O3/c1-17-8-10(15)7-14-12(16)11(13)9-5-3-2-4-6-9/h2-6,10-11,15H,7-8,13H2,1H3,(H,14,16). The number of aliphatic hydroxyl groups excluding tert-OH is 1. The second kappa shape index (κ2) is 7.01. The Balaban J connectivity index is 2.43. The topological polar surface area (TPSA) is 84.6 Å². The predicted molar refractivity (Wildman–Crippen MR) is 64.3 cm³/mol. The molecule has 2 atom stereocenters. The Bertz CT molecular complexity index is 343. The van der Waals surface area contributed by atoms with E-state index in [1.54, 1.807) is 12.1 Å². The highest BCUT2D eigenvalue weighted by Gasteiger charge is 2.16. The molecule has 94 valence electrons. The number of nitrogens with two attached hydrogens (primary N) is 1. The number of hydrogen-bond donors (Lipinski definition) is 3. The summed E-state index contributed by atoms with van der Waals surface area (Å²) in [4.78, 5) is 11.7. The van der Waals surface area contributed by atoms with E-state index in [2.05, 4.69) is 5.32 Å². The van der Waals surface area contributed by atoms with Crippen molar-refractivity contribution in [3.8, 4) is 0 Å². The number of hydrogen-bond acceptors (Lipinski definition) is 4. The van der Waals surface area contributed by atoms with Crippen LogP contribution in [0.15, 0.2) is 30.3 Å². The zero-order valence-electron chi connectivity index (χ0n) is 9.80. The van der Waals surface area contributed by atoms with E-state index in [0.29, 0.717) is 0 Å². The molecule has 0 fully saturated rings. The Morgan fingerprint density at radius 2 is 2.12 bits per heavy atom. The van der Waals surface area contributed by atoms with E-state index in [1.165, 1.54) is 7.11 Å². The Hall–Kier alpha value is -1.43. The number of methoxy groups -OCH3 is 1. The van der Waals surface area contributed by atoms with Crippen molar-refractivity contribution >= 4 is 5.91 Å². The zero-order valence-corrected chi connectivity index (χ0v) is 9.80. The first-order valence-corrected chi connectivity index (χ1v) is 5.40. The number of aliphatic hydroxyl groups is 1. The van der Waals surface area contributed by atoms with Crippen LogP contribution < -0.4 is 11.1 Å². The van der Waals surface area contributed by atoms with Gasteiger partial charge < -0.3 is 20.9 Å². The number of nitrogens with one attached hydrogen (secondary N) is 1. The summed E-state index contributed by atoms with van der Waals surface area (Å²) in [6.45, 7) is 0.314. The maximum atomic E-state index is 11.7. The number of amides is 1. The average Bonchev–Trinajstić information content (AvgIpc) is 2.36. The van der Waals surface area contributed by atoms with Crippen molar-refractivity contribution in [3.63, 3.8) is 0 Å². The minimum atomic E-state index is -0.717. The fourth-order valence-electron chi connectivity index (χ4n) is 1.39. The van der Waals surface area contributed by atoms with E-state index in [0.717, 1.165) is 5.56 Å². The average molecular weight is 238 g/mol. The van der Waals surface area contributed by atoms with Gasteiger partial charge >= 0.3 is 0 Å². The van der Waals surface area contributed by atoms with Gasteiger partial charge in [0.1, 0.15) is 6.04 Å². The summed E-state index contributed by atoms with van der Waals surface area (Å²) in [6, 6.07) is 8.36. The van der Waals surface area contributed by atoms with Gasteiger partial charge in [-0.2, -0.15) is 0 Å². The molecule has 17 heavy (non-hydrogen) atoms. The molecule has 0 radical (unpaired) electrons. The Morgan fingerprint density at radius 3 is 2.71 bits per heavy atom. The highest BCUT2D eigenvalue weighted by atomic mass is 16.5. The van der Waals surface area contributed by atoms with Gasteiger partial charge in [0.05, 0.1) is 12.7 Å². The van der Waals surface area contributed by atoms with Crippen LogP contribution in [0.5, 0.6) is 0 Å². The minimum Gasteiger partial charge on any atom is -0.389 e. The molecule has 1 aromatic carbocycles. The van der Waals surface area contributed by atoms with Crippen molar-refractivity contribution in [2.45, 2.75) is 12.1 Å². The van der Waals surface area contributed by atoms with Gasteiger partial charge in [-0.1, -0.05) is 30.3 Å². The zero-order chi connectivity index (χ0) is 12.7. The number of ether oxygens (including phenoxy) is 1. The lowest BCUT2D eigenvalue weighted by Crippen LogP contribution is -2.39. The first-order valence-electron chi connectivity index (χ1n) is 5.40. The summed E-state index contributed by atoms with van der Waals surface area (Å²) in [5.41, 5.74) is 6.52. The van der Waals surface area contributed by atoms with Crippen molar-refractivity contribution in [2.24, 2.45) is 5.73 Å². The van der Waals surface area contributed by atoms with Crippen molar-refractivity contribution in [1.29, 1.82) is 0 Å². The molecule has 0 aliphatic carbocycles. The van der Waals surface area contributed by atoms with E-state index in [4.69, 9.17) is 10.5 Å². The van der Waals surface area contributed by atoms with E-state index in [9.17, 15) is 9.90 Å². The highest BCUT2D eigenvalue weighted by molar-refractivity contribution is 5.82. The summed E-state index contributed by atoms with van der Waals surface area (Å²) in [5, 5.41) is 11.9. The summed E-state index contributed by atoms with van der Waals surface area (Å²) in [6.07, 6.45) is -0.716. The Kier molecular flexibility index (Phi) is 5.62. The van der Waals surface area contributed by atoms with Gasteiger partial charge in [-0.05, 0) is 5.56 Å². The Morgan fingerprint density at radius 1 is 1.47 bits per heavy atom. The fraction of sp³-hybridized carbons (Fsp3) is 0.417. The van der Waals surface area contributed by atoms with Gasteiger partial charge in [-0.25, -0.2) is 0 Å². The Labute approximate surface area is 101 Å². The second-order valence-electron chi connectivity index (χ2n) is 3.74. The van der Waals surface area contributed by atoms with Gasteiger partial charge in [-0.15, -0.1) is 0 Å². The molecule has 5 nitrogen and oxygen atoms in total. The van der Waals surface area contributed by atoms with Crippen molar-refractivity contribution in [3.05, 3.63) is 35.9 Å². The van der Waals surface area contributed by atoms with Gasteiger partial charge in [0.15, 0.2) is 0 Å². The lowest BCUT2D eigenvalue weighted by molar-refractivity contribution is -0.123. The molecular weight excluding hydrogens is 220 g/mol. The number of carbonyl (C=O) groups is 1. The maximum Gasteiger partial charge on any atom is 0.241 e. The molecular formula is C12H18N2O3. The first kappa shape index (κ1) is 13.6. The first-order chi connectivity index (χ1) is 8.15. The summed E-state index contributed by atoms with van der Waals surface area (Å²) in [5.74, 6) is -0.314. The van der Waals surface area contributed by atoms with Crippen LogP contribution in [0.4, 0.5) is 0 Å². The molecule has 0 bridgehead atoms. The minimum absolute atomic E-state index is 0.132. The van der Waals surface area contributed by atoms with Gasteiger partial charge in [0.2, 0.25) is 5.91 Å². The molecule has 0 aliphatic rings. The largest absolute Gasteiger partial charge is 0.389 e. The molecule has 2 unspecified atom stereocenters. The van der Waals surface area contributed by atoms with E-state index >= 15 is 0 Å². The van der Waals surface area contributed by atoms with Crippen LogP contribution in [0.2, 0.25) is 0 Å². The van der Waals surface area contributed by atoms with Crippen molar-refractivity contribution in [1.82, 2.24) is 5.32 Å². The molecule has 5 heteroatoms. The van der Waals surface area contributed by atoms with Gasteiger partial charge in [0.25, 0.3) is 0 Å². The molecule has 1 amide bonds. The smallest absolute Gasteiger partial charge is 0.241 e. The van der Waals surface area contributed by atoms with Crippen LogP contribution in [0.3, 0.4) is 0 Å². The maximum absolute atomic E-state index is 11.7. The van der Waals surface area contributed by atoms with E-state index < -0.39 is 12.1 Å². The summed E-state index contributed by atoms with van der Waals surface area (Å²) >= 11 is 0. The normalized spacial score (nSPS) is 14.1. The second-order valence-corrected chi connectivity index (χ2v) is 3.74. The highest BCUT2D eigenvalue weighted by Crippen LogP contribution is 2.08. The van der Waals surface area contributed by atoms with Crippen LogP contribution in [-0.2, 0) is 9.53 Å². The number of carbonyl (C=O) groups excluding carboxylic acids is 1. The lowest BCUT2D eigenvalue weighted by atomic mass is 10.1. The van der Waals surface area contributed by atoms with Gasteiger partial charge in [-0.3, -0.25) is 4.79 Å². The van der Waals surface area contributed by atoms with Gasteiger partial charge in [0, 0.05) is 13.7 Å². The molecule has 0 heterocycles. The van der Waals surface area contributed by atoms with Crippen LogP contribution in [0.25, 0.3) is 0 Å². The van der Waals surface area contributed by atoms with Crippen LogP contribution in [0.1, 0.15) is 11.6 Å². The molecule has 0 saturated heterocycles. The number of benzene rings is 1. The molecule has 0 spiro atoms. The van der Waals surface area contributed by atoms with Crippen molar-refractivity contribution in [2.75, 3.05) is 20.3 Å². The van der Waals surface area contributed by atoms with Crippen molar-refractivity contribution < 1.29 is 14.6 Å². The fourth-order valence-corrected chi connectivity index (χ4v) is 1.39. The third-order valence-corrected chi connectivity index (χ3v) is 2.31. The van der Waals surface area contributed by atoms with E-state index in [1.807, 2.05) is 18.2 Å². The molecule has 0 aromatic heterocycles. The third-order valence-electron chi connectivity index (χ3n) is 2.31. The van der Waals surface area contributed by atoms with Crippen LogP contribution in [-0.4, -0.2) is 37.4 Å². The number of rotatable bonds is 6.